The summed E-state index contributed by atoms with van der Waals surface area (Å²) < 4.78 is 22.2. The van der Waals surface area contributed by atoms with Crippen molar-refractivity contribution in [2.75, 3.05) is 0 Å². The molecule has 2 atom stereocenters. The maximum atomic E-state index is 15.3. The van der Waals surface area contributed by atoms with Crippen LogP contribution in [0.2, 0.25) is 0 Å². The van der Waals surface area contributed by atoms with Gasteiger partial charge in [-0.3, -0.25) is 14.3 Å². The maximum absolute atomic E-state index is 15.3. The van der Waals surface area contributed by atoms with E-state index in [4.69, 9.17) is 4.74 Å². The Kier molecular flexibility index (Phi) is 7.85. The molecule has 0 radical (unpaired) electrons. The van der Waals surface area contributed by atoms with Crippen LogP contribution in [0.15, 0.2) is 12.3 Å². The molecule has 34 heavy (non-hydrogen) atoms. The highest BCUT2D eigenvalue weighted by atomic mass is 19.1. The van der Waals surface area contributed by atoms with Crippen molar-refractivity contribution in [3.05, 3.63) is 18.0 Å². The number of nitrogens with one attached hydrogen (secondary N) is 1. The quantitative estimate of drug-likeness (QED) is 0.531. The summed E-state index contributed by atoms with van der Waals surface area (Å²) in [5.41, 5.74) is -2.62. The smallest absolute Gasteiger partial charge is 0.408 e. The lowest BCUT2D eigenvalue weighted by Crippen LogP contribution is -2.52. The van der Waals surface area contributed by atoms with Crippen molar-refractivity contribution >= 4 is 17.7 Å². The summed E-state index contributed by atoms with van der Waals surface area (Å²) >= 11 is 0. The molecule has 3 rings (SSSR count). The second kappa shape index (κ2) is 10.1. The first-order valence-electron chi connectivity index (χ1n) is 12.2. The van der Waals surface area contributed by atoms with E-state index in [2.05, 4.69) is 10.4 Å². The fraction of sp³-hybridized carbons (Fsp3) is 0.760. The molecule has 0 spiro atoms. The first-order chi connectivity index (χ1) is 15.8. The SMILES string of the molecule is Cn1ccc(CC(=O)C(O)C2(CC(=O)[C@H](CC3(F)CCCC3)NC(=O)OC(C)(C)C)CCC2)n1. The number of ether oxygens (including phenoxy) is 1. The molecule has 1 aromatic heterocycles. The van der Waals surface area contributed by atoms with Gasteiger partial charge in [-0.2, -0.15) is 5.10 Å². The standard InChI is InChI=1S/C25H38FN3O5/c1-23(2,3)34-22(33)27-18(15-25(26)11-5-6-12-25)20(31)16-24(9-7-10-24)21(32)19(30)14-17-8-13-29(4)28-17/h8,13,18,21,32H,5-7,9-12,14-16H2,1-4H3,(H,27,33)/t18-,21?/m0/s1. The zero-order valence-corrected chi connectivity index (χ0v) is 20.7. The van der Waals surface area contributed by atoms with Gasteiger partial charge in [-0.25, -0.2) is 9.18 Å². The summed E-state index contributed by atoms with van der Waals surface area (Å²) in [4.78, 5) is 38.6. The number of carbonyl (C=O) groups is 3. The second-order valence-corrected chi connectivity index (χ2v) is 11.1. The Morgan fingerprint density at radius 3 is 2.32 bits per heavy atom. The van der Waals surface area contributed by atoms with E-state index in [-0.39, 0.29) is 30.8 Å². The van der Waals surface area contributed by atoms with Crippen molar-refractivity contribution in [2.45, 2.75) is 108 Å². The van der Waals surface area contributed by atoms with Crippen LogP contribution in [-0.2, 0) is 27.8 Å². The molecule has 1 heterocycles. The lowest BCUT2D eigenvalue weighted by Gasteiger charge is -2.45. The van der Waals surface area contributed by atoms with Crippen molar-refractivity contribution in [2.24, 2.45) is 12.5 Å². The number of alkyl carbamates (subject to hydrolysis) is 1. The first kappa shape index (κ1) is 26.3. The fourth-order valence-corrected chi connectivity index (χ4v) is 5.10. The molecular formula is C25H38FN3O5. The summed E-state index contributed by atoms with van der Waals surface area (Å²) in [5, 5.41) is 17.7. The number of ketones is 2. The minimum Gasteiger partial charge on any atom is -0.444 e. The second-order valence-electron chi connectivity index (χ2n) is 11.1. The molecule has 2 fully saturated rings. The number of nitrogens with zero attached hydrogens (tertiary/aromatic N) is 2. The van der Waals surface area contributed by atoms with Gasteiger partial charge in [0, 0.05) is 31.5 Å². The number of amides is 1. The Bertz CT molecular complexity index is 897. The summed E-state index contributed by atoms with van der Waals surface area (Å²) in [6.45, 7) is 5.14. The predicted octanol–water partition coefficient (Wildman–Crippen LogP) is 3.59. The zero-order valence-electron chi connectivity index (χ0n) is 20.7. The molecule has 2 saturated carbocycles. The average molecular weight is 480 g/mol. The van der Waals surface area contributed by atoms with E-state index in [1.54, 1.807) is 44.8 Å². The molecular weight excluding hydrogens is 441 g/mol. The molecule has 0 aromatic carbocycles. The Hall–Kier alpha value is -2.29. The van der Waals surface area contributed by atoms with Crippen LogP contribution in [0.5, 0.6) is 0 Å². The summed E-state index contributed by atoms with van der Waals surface area (Å²) in [6.07, 6.45) is 3.40. The third-order valence-corrected chi connectivity index (χ3v) is 7.03. The van der Waals surface area contributed by atoms with E-state index >= 15 is 4.39 Å². The van der Waals surface area contributed by atoms with Gasteiger partial charge in [0.05, 0.1) is 18.2 Å². The van der Waals surface area contributed by atoms with E-state index < -0.39 is 34.9 Å². The van der Waals surface area contributed by atoms with Gasteiger partial charge < -0.3 is 15.2 Å². The summed E-state index contributed by atoms with van der Waals surface area (Å²) in [5.74, 6) is -0.764. The van der Waals surface area contributed by atoms with Gasteiger partial charge in [-0.05, 0) is 52.5 Å². The van der Waals surface area contributed by atoms with E-state index in [0.29, 0.717) is 31.4 Å². The number of aryl methyl sites for hydroxylation is 1. The van der Waals surface area contributed by atoms with Gasteiger partial charge in [0.15, 0.2) is 11.6 Å². The van der Waals surface area contributed by atoms with Gasteiger partial charge in [-0.1, -0.05) is 19.3 Å². The Labute approximate surface area is 200 Å². The first-order valence-corrected chi connectivity index (χ1v) is 12.2. The fourth-order valence-electron chi connectivity index (χ4n) is 5.10. The number of aromatic nitrogens is 2. The molecule has 1 aromatic rings. The van der Waals surface area contributed by atoms with Gasteiger partial charge in [0.1, 0.15) is 17.4 Å². The molecule has 0 saturated heterocycles. The normalized spacial score (nSPS) is 20.8. The van der Waals surface area contributed by atoms with E-state index in [9.17, 15) is 19.5 Å². The highest BCUT2D eigenvalue weighted by Crippen LogP contribution is 2.48. The monoisotopic (exact) mass is 479 g/mol. The van der Waals surface area contributed by atoms with Crippen LogP contribution in [0.3, 0.4) is 0 Å². The number of Topliss-reactive ketones (excluding diaryl/α,β-unsaturated/α-hetero) is 2. The van der Waals surface area contributed by atoms with Crippen LogP contribution in [0.25, 0.3) is 0 Å². The molecule has 190 valence electrons. The van der Waals surface area contributed by atoms with Crippen LogP contribution >= 0.6 is 0 Å². The summed E-state index contributed by atoms with van der Waals surface area (Å²) in [6, 6.07) is 0.639. The van der Waals surface area contributed by atoms with E-state index in [1.165, 1.54) is 0 Å². The molecule has 1 amide bonds. The Morgan fingerprint density at radius 1 is 1.18 bits per heavy atom. The number of hydrogen-bond donors (Lipinski definition) is 2. The lowest BCUT2D eigenvalue weighted by molar-refractivity contribution is -0.144. The van der Waals surface area contributed by atoms with E-state index in [0.717, 1.165) is 19.3 Å². The van der Waals surface area contributed by atoms with Gasteiger partial charge in [0.2, 0.25) is 0 Å². The van der Waals surface area contributed by atoms with Gasteiger partial charge in [-0.15, -0.1) is 0 Å². The lowest BCUT2D eigenvalue weighted by atomic mass is 9.60. The van der Waals surface area contributed by atoms with Crippen LogP contribution in [0, 0.1) is 5.41 Å². The van der Waals surface area contributed by atoms with Crippen LogP contribution in [-0.4, -0.2) is 56.0 Å². The molecule has 9 heteroatoms. The number of aliphatic hydroxyl groups is 1. The zero-order chi connectivity index (χ0) is 25.1. The third-order valence-electron chi connectivity index (χ3n) is 7.03. The number of alkyl halides is 1. The van der Waals surface area contributed by atoms with Crippen molar-refractivity contribution in [3.8, 4) is 0 Å². The topological polar surface area (TPSA) is 111 Å². The van der Waals surface area contributed by atoms with Crippen molar-refractivity contribution in [1.82, 2.24) is 15.1 Å². The van der Waals surface area contributed by atoms with Gasteiger partial charge >= 0.3 is 6.09 Å². The number of carbonyl (C=O) groups excluding carboxylic acids is 3. The van der Waals surface area contributed by atoms with Crippen LogP contribution < -0.4 is 5.32 Å². The number of halogens is 1. The molecule has 1 unspecified atom stereocenters. The minimum atomic E-state index is -1.52. The van der Waals surface area contributed by atoms with Crippen molar-refractivity contribution in [3.63, 3.8) is 0 Å². The average Bonchev–Trinajstić information content (AvgIpc) is 3.30. The largest absolute Gasteiger partial charge is 0.444 e. The highest BCUT2D eigenvalue weighted by molar-refractivity contribution is 5.90. The van der Waals surface area contributed by atoms with Crippen LogP contribution in [0.4, 0.5) is 9.18 Å². The molecule has 2 aliphatic carbocycles. The van der Waals surface area contributed by atoms with Crippen molar-refractivity contribution < 1.29 is 28.6 Å². The van der Waals surface area contributed by atoms with Gasteiger partial charge in [0.25, 0.3) is 0 Å². The predicted molar refractivity (Wildman–Crippen MR) is 124 cm³/mol. The maximum Gasteiger partial charge on any atom is 0.408 e. The van der Waals surface area contributed by atoms with Crippen LogP contribution in [0.1, 0.15) is 84.3 Å². The number of rotatable bonds is 10. The third kappa shape index (κ3) is 6.64. The van der Waals surface area contributed by atoms with Crippen molar-refractivity contribution in [1.29, 1.82) is 0 Å². The molecule has 0 aliphatic heterocycles. The number of hydrogen-bond acceptors (Lipinski definition) is 6. The molecule has 8 nitrogen and oxygen atoms in total. The number of aliphatic hydroxyl groups excluding tert-OH is 1. The molecule has 0 bridgehead atoms. The van der Waals surface area contributed by atoms with E-state index in [1.807, 2.05) is 0 Å². The highest BCUT2D eigenvalue weighted by Gasteiger charge is 2.49. The minimum absolute atomic E-state index is 0.0227. The molecule has 2 N–H and O–H groups in total. The Balaban J connectivity index is 1.71. The Morgan fingerprint density at radius 2 is 1.82 bits per heavy atom. The summed E-state index contributed by atoms with van der Waals surface area (Å²) in [7, 11) is 1.75. The molecule has 2 aliphatic rings.